The first-order valence-corrected chi connectivity index (χ1v) is 11.9. The van der Waals surface area contributed by atoms with E-state index in [0.29, 0.717) is 26.7 Å². The third-order valence-corrected chi connectivity index (χ3v) is 7.33. The van der Waals surface area contributed by atoms with Gasteiger partial charge in [-0.2, -0.15) is 0 Å². The van der Waals surface area contributed by atoms with Gasteiger partial charge in [-0.1, -0.05) is 18.2 Å². The standard InChI is InChI=1S/C23H18BrN3O5S/c1-32-17-7-9-18(10-8-17)33(30,31)27(14-15-4-3-11-25-13-15)22-19(23(28)29)12-16-5-2-6-20(24)21(16)26-22/h2-13H,14H2,1H3,(H,28,29). The van der Waals surface area contributed by atoms with Gasteiger partial charge in [0.25, 0.3) is 10.0 Å². The molecule has 2 aromatic carbocycles. The number of para-hydroxylation sites is 1. The van der Waals surface area contributed by atoms with Gasteiger partial charge in [0.1, 0.15) is 11.3 Å². The van der Waals surface area contributed by atoms with Crippen molar-refractivity contribution >= 4 is 48.6 Å². The molecule has 33 heavy (non-hydrogen) atoms. The second kappa shape index (κ2) is 9.16. The quantitative estimate of drug-likeness (QED) is 0.376. The molecule has 0 atom stereocenters. The van der Waals surface area contributed by atoms with E-state index in [0.717, 1.165) is 4.31 Å². The number of aromatic nitrogens is 2. The molecule has 0 aliphatic carbocycles. The lowest BCUT2D eigenvalue weighted by molar-refractivity contribution is 0.0697. The van der Waals surface area contributed by atoms with Crippen molar-refractivity contribution in [2.75, 3.05) is 11.4 Å². The molecule has 0 aliphatic heterocycles. The lowest BCUT2D eigenvalue weighted by Gasteiger charge is -2.25. The minimum Gasteiger partial charge on any atom is -0.497 e. The van der Waals surface area contributed by atoms with Crippen molar-refractivity contribution in [3.05, 3.63) is 88.7 Å². The topological polar surface area (TPSA) is 110 Å². The van der Waals surface area contributed by atoms with E-state index in [1.165, 1.54) is 43.6 Å². The van der Waals surface area contributed by atoms with Crippen molar-refractivity contribution < 1.29 is 23.1 Å². The molecule has 0 bridgehead atoms. The van der Waals surface area contributed by atoms with Crippen molar-refractivity contribution in [2.24, 2.45) is 0 Å². The third kappa shape index (κ3) is 4.53. The molecule has 168 valence electrons. The molecule has 0 amide bonds. The highest BCUT2D eigenvalue weighted by Gasteiger charge is 2.31. The van der Waals surface area contributed by atoms with Crippen molar-refractivity contribution in [3.63, 3.8) is 0 Å². The molecule has 8 nitrogen and oxygen atoms in total. The number of pyridine rings is 2. The molecule has 0 saturated heterocycles. The minimum atomic E-state index is -4.21. The van der Waals surface area contributed by atoms with Crippen molar-refractivity contribution in [2.45, 2.75) is 11.4 Å². The molecule has 0 spiro atoms. The average molecular weight is 528 g/mol. The van der Waals surface area contributed by atoms with Gasteiger partial charge < -0.3 is 9.84 Å². The first kappa shape index (κ1) is 22.7. The van der Waals surface area contributed by atoms with Gasteiger partial charge in [-0.25, -0.2) is 22.5 Å². The number of fused-ring (bicyclic) bond motifs is 1. The molecule has 0 radical (unpaired) electrons. The van der Waals surface area contributed by atoms with Crippen LogP contribution in [0.4, 0.5) is 5.82 Å². The molecule has 2 aromatic heterocycles. The van der Waals surface area contributed by atoms with E-state index < -0.39 is 16.0 Å². The number of anilines is 1. The number of methoxy groups -OCH3 is 1. The van der Waals surface area contributed by atoms with Crippen LogP contribution >= 0.6 is 15.9 Å². The van der Waals surface area contributed by atoms with Crippen LogP contribution in [-0.4, -0.2) is 36.6 Å². The monoisotopic (exact) mass is 527 g/mol. The third-order valence-electron chi connectivity index (χ3n) is 4.94. The fourth-order valence-electron chi connectivity index (χ4n) is 3.31. The first-order valence-electron chi connectivity index (χ1n) is 9.69. The van der Waals surface area contributed by atoms with Crippen LogP contribution in [0, 0.1) is 0 Å². The van der Waals surface area contributed by atoms with E-state index >= 15 is 0 Å². The summed E-state index contributed by atoms with van der Waals surface area (Å²) in [6, 6.07) is 15.9. The summed E-state index contributed by atoms with van der Waals surface area (Å²) in [7, 11) is -2.73. The zero-order valence-electron chi connectivity index (χ0n) is 17.3. The number of carboxylic acid groups (broad SMARTS) is 1. The van der Waals surface area contributed by atoms with Gasteiger partial charge in [-0.05, 0) is 64.0 Å². The van der Waals surface area contributed by atoms with Crippen LogP contribution in [0.15, 0.2) is 82.4 Å². The molecule has 0 saturated carbocycles. The molecular weight excluding hydrogens is 510 g/mol. The Bertz CT molecular complexity index is 1430. The molecule has 4 aromatic rings. The number of hydrogen-bond acceptors (Lipinski definition) is 6. The Morgan fingerprint density at radius 3 is 2.52 bits per heavy atom. The Kier molecular flexibility index (Phi) is 6.30. The normalized spacial score (nSPS) is 11.3. The van der Waals surface area contributed by atoms with Crippen LogP contribution in [-0.2, 0) is 16.6 Å². The van der Waals surface area contributed by atoms with Crippen LogP contribution in [0.25, 0.3) is 10.9 Å². The zero-order chi connectivity index (χ0) is 23.6. The number of carbonyl (C=O) groups is 1. The van der Waals surface area contributed by atoms with Gasteiger partial charge in [0.05, 0.1) is 24.1 Å². The highest BCUT2D eigenvalue weighted by Crippen LogP contribution is 2.33. The van der Waals surface area contributed by atoms with E-state index in [9.17, 15) is 18.3 Å². The molecule has 0 fully saturated rings. The highest BCUT2D eigenvalue weighted by molar-refractivity contribution is 9.10. The zero-order valence-corrected chi connectivity index (χ0v) is 19.7. The van der Waals surface area contributed by atoms with Gasteiger partial charge in [0, 0.05) is 22.3 Å². The van der Waals surface area contributed by atoms with Crippen molar-refractivity contribution in [3.8, 4) is 5.75 Å². The Labute approximate surface area is 198 Å². The number of sulfonamides is 1. The van der Waals surface area contributed by atoms with Crippen LogP contribution in [0.5, 0.6) is 5.75 Å². The van der Waals surface area contributed by atoms with E-state index in [2.05, 4.69) is 25.9 Å². The lowest BCUT2D eigenvalue weighted by Crippen LogP contribution is -2.33. The van der Waals surface area contributed by atoms with Gasteiger partial charge in [0.15, 0.2) is 5.82 Å². The lowest BCUT2D eigenvalue weighted by atomic mass is 10.1. The fraction of sp³-hybridized carbons (Fsp3) is 0.0870. The number of carboxylic acids is 1. The summed E-state index contributed by atoms with van der Waals surface area (Å²) in [4.78, 5) is 20.7. The van der Waals surface area contributed by atoms with Gasteiger partial charge in [-0.15, -0.1) is 0 Å². The summed E-state index contributed by atoms with van der Waals surface area (Å²) >= 11 is 3.42. The largest absolute Gasteiger partial charge is 0.497 e. The Balaban J connectivity index is 1.96. The number of rotatable bonds is 7. The number of benzene rings is 2. The predicted molar refractivity (Wildman–Crippen MR) is 127 cm³/mol. The fourth-order valence-corrected chi connectivity index (χ4v) is 5.20. The SMILES string of the molecule is COc1ccc(S(=O)(=O)N(Cc2cccnc2)c2nc3c(Br)cccc3cc2C(=O)O)cc1. The predicted octanol–water partition coefficient (Wildman–Crippen LogP) is 4.49. The number of hydrogen-bond donors (Lipinski definition) is 1. The summed E-state index contributed by atoms with van der Waals surface area (Å²) in [5.41, 5.74) is 0.778. The van der Waals surface area contributed by atoms with E-state index in [-0.39, 0.29) is 22.8 Å². The van der Waals surface area contributed by atoms with E-state index in [1.54, 1.807) is 36.5 Å². The summed E-state index contributed by atoms with van der Waals surface area (Å²) in [6.07, 6.45) is 3.09. The molecular formula is C23H18BrN3O5S. The average Bonchev–Trinajstić information content (AvgIpc) is 2.82. The second-order valence-corrected chi connectivity index (χ2v) is 9.74. The molecule has 1 N–H and O–H groups in total. The minimum absolute atomic E-state index is 0.0300. The number of aromatic carboxylic acids is 1. The number of nitrogens with zero attached hydrogens (tertiary/aromatic N) is 3. The Morgan fingerprint density at radius 1 is 1.12 bits per heavy atom. The van der Waals surface area contributed by atoms with E-state index in [1.807, 2.05) is 0 Å². The molecule has 2 heterocycles. The maximum absolute atomic E-state index is 13.8. The van der Waals surface area contributed by atoms with E-state index in [4.69, 9.17) is 4.74 Å². The van der Waals surface area contributed by atoms with Gasteiger partial charge in [0.2, 0.25) is 0 Å². The van der Waals surface area contributed by atoms with Crippen LogP contribution in [0.3, 0.4) is 0 Å². The smallest absolute Gasteiger partial charge is 0.339 e. The molecule has 4 rings (SSSR count). The Hall–Kier alpha value is -3.50. The van der Waals surface area contributed by atoms with Crippen molar-refractivity contribution in [1.82, 2.24) is 9.97 Å². The molecule has 0 unspecified atom stereocenters. The molecule has 0 aliphatic rings. The van der Waals surface area contributed by atoms with Gasteiger partial charge in [-0.3, -0.25) is 4.98 Å². The maximum Gasteiger partial charge on any atom is 0.339 e. The second-order valence-electron chi connectivity index (χ2n) is 7.02. The van der Waals surface area contributed by atoms with Gasteiger partial charge >= 0.3 is 5.97 Å². The number of ether oxygens (including phenoxy) is 1. The summed E-state index contributed by atoms with van der Waals surface area (Å²) in [5, 5.41) is 10.5. The maximum atomic E-state index is 13.8. The number of halogens is 1. The molecule has 10 heteroatoms. The summed E-state index contributed by atoms with van der Waals surface area (Å²) in [6.45, 7) is -0.161. The highest BCUT2D eigenvalue weighted by atomic mass is 79.9. The first-order chi connectivity index (χ1) is 15.8. The van der Waals surface area contributed by atoms with Crippen LogP contribution < -0.4 is 9.04 Å². The summed E-state index contributed by atoms with van der Waals surface area (Å²) < 4.78 is 34.2. The van der Waals surface area contributed by atoms with Crippen LogP contribution in [0.2, 0.25) is 0 Å². The van der Waals surface area contributed by atoms with Crippen molar-refractivity contribution in [1.29, 1.82) is 0 Å². The Morgan fingerprint density at radius 2 is 1.88 bits per heavy atom. The van der Waals surface area contributed by atoms with Crippen LogP contribution in [0.1, 0.15) is 15.9 Å². The summed E-state index contributed by atoms with van der Waals surface area (Å²) in [5.74, 6) is -0.992.